The van der Waals surface area contributed by atoms with Crippen molar-refractivity contribution in [2.75, 3.05) is 6.61 Å². The number of hydrogen-bond acceptors (Lipinski definition) is 4. The molecule has 0 saturated heterocycles. The zero-order valence-electron chi connectivity index (χ0n) is 17.7. The number of nitrogens with zero attached hydrogens (tertiary/aromatic N) is 1. The lowest BCUT2D eigenvalue weighted by atomic mass is 9.99. The van der Waals surface area contributed by atoms with Crippen LogP contribution in [-0.2, 0) is 11.3 Å². The minimum absolute atomic E-state index is 0.0965. The minimum Gasteiger partial charge on any atom is -0.488 e. The molecule has 0 bridgehead atoms. The van der Waals surface area contributed by atoms with Gasteiger partial charge in [0.05, 0.1) is 12.3 Å². The molecule has 0 spiro atoms. The van der Waals surface area contributed by atoms with Gasteiger partial charge in [0, 0.05) is 16.1 Å². The molecular formula is C26H23ClFNO3. The third-order valence-corrected chi connectivity index (χ3v) is 5.61. The lowest BCUT2D eigenvalue weighted by Crippen LogP contribution is -2.08. The molecule has 0 N–H and O–H groups in total. The lowest BCUT2D eigenvalue weighted by molar-refractivity contribution is 0.0519. The first-order chi connectivity index (χ1) is 15.6. The van der Waals surface area contributed by atoms with Gasteiger partial charge in [-0.15, -0.1) is 0 Å². The first-order valence-electron chi connectivity index (χ1n) is 10.6. The number of para-hydroxylation sites is 1. The molecule has 2 aromatic carbocycles. The summed E-state index contributed by atoms with van der Waals surface area (Å²) in [6.07, 6.45) is 2.71. The number of benzene rings is 2. The van der Waals surface area contributed by atoms with Gasteiger partial charge in [-0.2, -0.15) is 0 Å². The predicted molar refractivity (Wildman–Crippen MR) is 123 cm³/mol. The van der Waals surface area contributed by atoms with Gasteiger partial charge in [0.15, 0.2) is 0 Å². The van der Waals surface area contributed by atoms with Crippen molar-refractivity contribution in [2.24, 2.45) is 0 Å². The highest BCUT2D eigenvalue weighted by atomic mass is 35.5. The minimum atomic E-state index is -0.428. The smallest absolute Gasteiger partial charge is 0.356 e. The van der Waals surface area contributed by atoms with Gasteiger partial charge in [0.2, 0.25) is 0 Å². The average Bonchev–Trinajstić information content (AvgIpc) is 3.29. The van der Waals surface area contributed by atoms with Crippen molar-refractivity contribution < 1.29 is 18.7 Å². The zero-order chi connectivity index (χ0) is 22.5. The summed E-state index contributed by atoms with van der Waals surface area (Å²) >= 11 is 5.85. The molecule has 0 aliphatic heterocycles. The van der Waals surface area contributed by atoms with Gasteiger partial charge in [0.1, 0.15) is 23.9 Å². The van der Waals surface area contributed by atoms with Gasteiger partial charge >= 0.3 is 5.97 Å². The van der Waals surface area contributed by atoms with E-state index in [0.29, 0.717) is 28.6 Å². The van der Waals surface area contributed by atoms with Crippen molar-refractivity contribution in [2.45, 2.75) is 32.8 Å². The Balaban J connectivity index is 1.65. The largest absolute Gasteiger partial charge is 0.488 e. The van der Waals surface area contributed by atoms with E-state index in [-0.39, 0.29) is 6.61 Å². The highest BCUT2D eigenvalue weighted by Crippen LogP contribution is 2.42. The summed E-state index contributed by atoms with van der Waals surface area (Å²) in [4.78, 5) is 16.7. The highest BCUT2D eigenvalue weighted by Gasteiger charge is 2.22. The SMILES string of the molecule is CCOC(=O)c1cccc(C2=C(c3ccccc3OCc3ccc(Cl)cc3F)CCC2)n1. The van der Waals surface area contributed by atoms with E-state index in [2.05, 4.69) is 4.98 Å². The van der Waals surface area contributed by atoms with Crippen molar-refractivity contribution in [3.63, 3.8) is 0 Å². The molecule has 1 aliphatic rings. The molecule has 6 heteroatoms. The van der Waals surface area contributed by atoms with Crippen LogP contribution in [0.1, 0.15) is 53.5 Å². The predicted octanol–water partition coefficient (Wildman–Crippen LogP) is 6.72. The summed E-state index contributed by atoms with van der Waals surface area (Å²) in [6, 6.07) is 17.7. The van der Waals surface area contributed by atoms with Gasteiger partial charge in [-0.1, -0.05) is 41.9 Å². The van der Waals surface area contributed by atoms with Crippen LogP contribution in [0.5, 0.6) is 5.75 Å². The first-order valence-corrected chi connectivity index (χ1v) is 11.0. The van der Waals surface area contributed by atoms with Gasteiger partial charge in [-0.25, -0.2) is 14.2 Å². The lowest BCUT2D eigenvalue weighted by Gasteiger charge is -2.15. The highest BCUT2D eigenvalue weighted by molar-refractivity contribution is 6.30. The van der Waals surface area contributed by atoms with E-state index in [4.69, 9.17) is 21.1 Å². The van der Waals surface area contributed by atoms with Gasteiger partial charge < -0.3 is 9.47 Å². The Morgan fingerprint density at radius 3 is 2.69 bits per heavy atom. The van der Waals surface area contributed by atoms with Crippen molar-refractivity contribution >= 4 is 28.7 Å². The van der Waals surface area contributed by atoms with Crippen LogP contribution in [0.15, 0.2) is 60.7 Å². The van der Waals surface area contributed by atoms with E-state index in [9.17, 15) is 9.18 Å². The molecule has 0 radical (unpaired) electrons. The Labute approximate surface area is 191 Å². The number of rotatable bonds is 7. The first kappa shape index (κ1) is 22.0. The molecule has 0 amide bonds. The van der Waals surface area contributed by atoms with Crippen molar-refractivity contribution in [1.29, 1.82) is 0 Å². The molecular weight excluding hydrogens is 429 g/mol. The quantitative estimate of drug-likeness (QED) is 0.374. The Bertz CT molecular complexity index is 1180. The molecule has 1 aromatic heterocycles. The van der Waals surface area contributed by atoms with Gasteiger partial charge in [0.25, 0.3) is 0 Å². The van der Waals surface area contributed by atoms with E-state index >= 15 is 0 Å². The number of carbonyl (C=O) groups excluding carboxylic acids is 1. The molecule has 1 heterocycles. The van der Waals surface area contributed by atoms with Crippen molar-refractivity contribution in [1.82, 2.24) is 4.98 Å². The Morgan fingerprint density at radius 2 is 1.88 bits per heavy atom. The fraction of sp³-hybridized carbons (Fsp3) is 0.231. The zero-order valence-corrected chi connectivity index (χ0v) is 18.5. The molecule has 3 aromatic rings. The summed E-state index contributed by atoms with van der Waals surface area (Å²) in [5, 5.41) is 0.352. The molecule has 4 rings (SSSR count). The van der Waals surface area contributed by atoms with Crippen LogP contribution in [0.3, 0.4) is 0 Å². The monoisotopic (exact) mass is 451 g/mol. The van der Waals surface area contributed by atoms with E-state index in [1.165, 1.54) is 6.07 Å². The van der Waals surface area contributed by atoms with E-state index in [1.54, 1.807) is 25.1 Å². The normalized spacial score (nSPS) is 13.3. The van der Waals surface area contributed by atoms with E-state index in [1.807, 2.05) is 36.4 Å². The maximum Gasteiger partial charge on any atom is 0.356 e. The molecule has 0 unspecified atom stereocenters. The molecule has 0 atom stereocenters. The fourth-order valence-corrected chi connectivity index (χ4v) is 4.04. The summed E-state index contributed by atoms with van der Waals surface area (Å²) in [5.74, 6) is -0.142. The molecule has 0 saturated carbocycles. The number of ether oxygens (including phenoxy) is 2. The summed E-state index contributed by atoms with van der Waals surface area (Å²) in [7, 11) is 0. The third-order valence-electron chi connectivity index (χ3n) is 5.37. The molecule has 4 nitrogen and oxygen atoms in total. The van der Waals surface area contributed by atoms with Crippen LogP contribution in [0.2, 0.25) is 5.02 Å². The second kappa shape index (κ2) is 9.96. The second-order valence-corrected chi connectivity index (χ2v) is 7.90. The number of aromatic nitrogens is 1. The molecule has 164 valence electrons. The third kappa shape index (κ3) is 4.83. The molecule has 32 heavy (non-hydrogen) atoms. The van der Waals surface area contributed by atoms with Crippen LogP contribution in [0.4, 0.5) is 4.39 Å². The number of hydrogen-bond donors (Lipinski definition) is 0. The van der Waals surface area contributed by atoms with Crippen LogP contribution < -0.4 is 4.74 Å². The number of halogens is 2. The number of esters is 1. The van der Waals surface area contributed by atoms with E-state index in [0.717, 1.165) is 41.7 Å². The standard InChI is InChI=1S/C26H23ClFNO3/c1-2-31-26(30)24-11-6-10-23(29-24)20-9-5-8-19(20)21-7-3-4-12-25(21)32-16-17-13-14-18(27)15-22(17)28/h3-4,6-7,10-15H,2,5,8-9,16H2,1H3. The summed E-state index contributed by atoms with van der Waals surface area (Å²) in [6.45, 7) is 2.17. The van der Waals surface area contributed by atoms with Crippen molar-refractivity contribution in [3.05, 3.63) is 94.0 Å². The topological polar surface area (TPSA) is 48.4 Å². The van der Waals surface area contributed by atoms with Crippen LogP contribution in [0, 0.1) is 5.82 Å². The number of carbonyl (C=O) groups is 1. The number of pyridine rings is 1. The molecule has 0 fully saturated rings. The van der Waals surface area contributed by atoms with Crippen LogP contribution >= 0.6 is 11.6 Å². The fourth-order valence-electron chi connectivity index (χ4n) is 3.88. The van der Waals surface area contributed by atoms with Crippen LogP contribution in [0.25, 0.3) is 11.1 Å². The van der Waals surface area contributed by atoms with Gasteiger partial charge in [-0.3, -0.25) is 0 Å². The molecule has 1 aliphatic carbocycles. The summed E-state index contributed by atoms with van der Waals surface area (Å²) in [5.41, 5.74) is 4.68. The maximum atomic E-state index is 14.2. The Morgan fingerprint density at radius 1 is 1.06 bits per heavy atom. The maximum absolute atomic E-state index is 14.2. The number of allylic oxidation sites excluding steroid dienone is 2. The second-order valence-electron chi connectivity index (χ2n) is 7.46. The van der Waals surface area contributed by atoms with E-state index < -0.39 is 11.8 Å². The van der Waals surface area contributed by atoms with Gasteiger partial charge in [-0.05, 0) is 67.7 Å². The summed E-state index contributed by atoms with van der Waals surface area (Å²) < 4.78 is 25.3. The van der Waals surface area contributed by atoms with Crippen molar-refractivity contribution in [3.8, 4) is 5.75 Å². The van der Waals surface area contributed by atoms with Crippen LogP contribution in [-0.4, -0.2) is 17.6 Å². The Hall–Kier alpha value is -3.18. The average molecular weight is 452 g/mol. The Kier molecular flexibility index (Phi) is 6.86.